The maximum absolute atomic E-state index is 12.4. The molecule has 0 saturated heterocycles. The number of rotatable bonds is 7. The summed E-state index contributed by atoms with van der Waals surface area (Å²) in [5.74, 6) is -0.227. The van der Waals surface area contributed by atoms with Gasteiger partial charge in [-0.3, -0.25) is 4.79 Å². The minimum absolute atomic E-state index is 0.0367. The molecule has 0 bridgehead atoms. The Bertz CT molecular complexity index is 1070. The topological polar surface area (TPSA) is 88.2 Å². The number of thiazole rings is 1. The fraction of sp³-hybridized carbons (Fsp3) is 0.333. The summed E-state index contributed by atoms with van der Waals surface area (Å²) in [5.41, 5.74) is 1.93. The molecule has 1 amide bonds. The average Bonchev–Trinajstić information content (AvgIpc) is 3.09. The third kappa shape index (κ3) is 5.62. The Kier molecular flexibility index (Phi) is 6.36. The molecule has 0 atom stereocenters. The molecule has 0 unspecified atom stereocenters. The van der Waals surface area contributed by atoms with Gasteiger partial charge in [0.25, 0.3) is 0 Å². The minimum Gasteiger partial charge on any atom is -0.350 e. The molecule has 1 aromatic heterocycles. The van der Waals surface area contributed by atoms with Crippen molar-refractivity contribution in [1.82, 2.24) is 15.0 Å². The molecular weight excluding hydrogens is 406 g/mol. The Morgan fingerprint density at radius 2 is 1.76 bits per heavy atom. The van der Waals surface area contributed by atoms with Gasteiger partial charge in [-0.1, -0.05) is 45.0 Å². The Morgan fingerprint density at radius 1 is 1.07 bits per heavy atom. The number of hydrogen-bond donors (Lipinski definition) is 2. The summed E-state index contributed by atoms with van der Waals surface area (Å²) < 4.78 is 28.4. The van der Waals surface area contributed by atoms with Crippen molar-refractivity contribution in [1.29, 1.82) is 0 Å². The van der Waals surface area contributed by atoms with E-state index >= 15 is 0 Å². The van der Waals surface area contributed by atoms with Crippen LogP contribution in [0.25, 0.3) is 10.2 Å². The van der Waals surface area contributed by atoms with E-state index in [1.807, 2.05) is 36.4 Å². The number of sulfonamides is 1. The quantitative estimate of drug-likeness (QED) is 0.598. The molecule has 8 heteroatoms. The molecule has 0 saturated carbocycles. The van der Waals surface area contributed by atoms with Gasteiger partial charge in [-0.25, -0.2) is 18.1 Å². The molecule has 6 nitrogen and oxygen atoms in total. The first-order chi connectivity index (χ1) is 13.6. The zero-order valence-corrected chi connectivity index (χ0v) is 18.4. The van der Waals surface area contributed by atoms with Gasteiger partial charge in [0.2, 0.25) is 15.9 Å². The summed E-state index contributed by atoms with van der Waals surface area (Å²) in [5, 5.41) is 3.60. The van der Waals surface area contributed by atoms with Crippen LogP contribution in [-0.2, 0) is 26.8 Å². The highest BCUT2D eigenvalue weighted by Gasteiger charge is 2.17. The van der Waals surface area contributed by atoms with E-state index in [1.165, 1.54) is 11.3 Å². The van der Waals surface area contributed by atoms with E-state index in [-0.39, 0.29) is 29.2 Å². The standard InChI is InChI=1S/C21H25N3O3S2/c1-21(2,3)15-8-10-16(11-9-15)29(26,27)23-13-12-19(25)22-14-20-24-17-6-4-5-7-18(17)28-20/h4-11,23H,12-14H2,1-3H3,(H,22,25). The highest BCUT2D eigenvalue weighted by molar-refractivity contribution is 7.89. The minimum atomic E-state index is -3.64. The fourth-order valence-electron chi connectivity index (χ4n) is 2.77. The molecule has 29 heavy (non-hydrogen) atoms. The first-order valence-electron chi connectivity index (χ1n) is 9.36. The van der Waals surface area contributed by atoms with Gasteiger partial charge in [-0.15, -0.1) is 11.3 Å². The molecule has 1 heterocycles. The summed E-state index contributed by atoms with van der Waals surface area (Å²) in [7, 11) is -3.64. The third-order valence-electron chi connectivity index (χ3n) is 4.45. The molecule has 0 spiro atoms. The predicted octanol–water partition coefficient (Wildman–Crippen LogP) is 3.58. The largest absolute Gasteiger partial charge is 0.350 e. The zero-order valence-electron chi connectivity index (χ0n) is 16.7. The summed E-state index contributed by atoms with van der Waals surface area (Å²) in [4.78, 5) is 16.7. The van der Waals surface area contributed by atoms with E-state index in [1.54, 1.807) is 12.1 Å². The highest BCUT2D eigenvalue weighted by atomic mass is 32.2. The fourth-order valence-corrected chi connectivity index (χ4v) is 4.71. The van der Waals surface area contributed by atoms with Gasteiger partial charge in [0.15, 0.2) is 0 Å². The normalized spacial score (nSPS) is 12.2. The van der Waals surface area contributed by atoms with E-state index in [0.717, 1.165) is 20.8 Å². The highest BCUT2D eigenvalue weighted by Crippen LogP contribution is 2.23. The molecule has 3 rings (SSSR count). The van der Waals surface area contributed by atoms with Crippen LogP contribution in [0.1, 0.15) is 37.8 Å². The van der Waals surface area contributed by atoms with Crippen LogP contribution in [0.15, 0.2) is 53.4 Å². The van der Waals surface area contributed by atoms with Crippen LogP contribution in [0.4, 0.5) is 0 Å². The van der Waals surface area contributed by atoms with Gasteiger partial charge in [0.1, 0.15) is 5.01 Å². The molecule has 3 aromatic rings. The number of aromatic nitrogens is 1. The second-order valence-corrected chi connectivity index (χ2v) is 10.7. The Labute approximate surface area is 175 Å². The SMILES string of the molecule is CC(C)(C)c1ccc(S(=O)(=O)NCCC(=O)NCc2nc3ccccc3s2)cc1. The second-order valence-electron chi connectivity index (χ2n) is 7.77. The van der Waals surface area contributed by atoms with Crippen LogP contribution < -0.4 is 10.0 Å². The van der Waals surface area contributed by atoms with Gasteiger partial charge in [-0.05, 0) is 35.2 Å². The molecule has 0 aliphatic heterocycles. The third-order valence-corrected chi connectivity index (χ3v) is 6.96. The number of para-hydroxylation sites is 1. The maximum atomic E-state index is 12.4. The van der Waals surface area contributed by atoms with Gasteiger partial charge in [0, 0.05) is 13.0 Å². The number of nitrogens with one attached hydrogen (secondary N) is 2. The molecule has 0 aliphatic carbocycles. The van der Waals surface area contributed by atoms with Crippen molar-refractivity contribution in [2.45, 2.75) is 44.0 Å². The second kappa shape index (κ2) is 8.61. The van der Waals surface area contributed by atoms with Crippen LogP contribution in [0.3, 0.4) is 0 Å². The summed E-state index contributed by atoms with van der Waals surface area (Å²) >= 11 is 1.53. The van der Waals surface area contributed by atoms with Gasteiger partial charge < -0.3 is 5.32 Å². The molecule has 154 valence electrons. The monoisotopic (exact) mass is 431 g/mol. The Morgan fingerprint density at radius 3 is 2.41 bits per heavy atom. The van der Waals surface area contributed by atoms with Crippen LogP contribution in [-0.4, -0.2) is 25.9 Å². The van der Waals surface area contributed by atoms with Crippen molar-refractivity contribution < 1.29 is 13.2 Å². The van der Waals surface area contributed by atoms with Crippen molar-refractivity contribution in [2.75, 3.05) is 6.54 Å². The smallest absolute Gasteiger partial charge is 0.240 e. The van der Waals surface area contributed by atoms with E-state index in [2.05, 4.69) is 35.8 Å². The number of benzene rings is 2. The van der Waals surface area contributed by atoms with Crippen molar-refractivity contribution in [3.8, 4) is 0 Å². The first-order valence-corrected chi connectivity index (χ1v) is 11.7. The number of amides is 1. The number of carbonyl (C=O) groups is 1. The van der Waals surface area contributed by atoms with Crippen LogP contribution in [0.2, 0.25) is 0 Å². The lowest BCUT2D eigenvalue weighted by atomic mass is 9.87. The van der Waals surface area contributed by atoms with Gasteiger partial charge in [0.05, 0.1) is 21.7 Å². The first kappa shape index (κ1) is 21.4. The van der Waals surface area contributed by atoms with Crippen molar-refractivity contribution >= 4 is 37.5 Å². The zero-order chi connectivity index (χ0) is 21.1. The van der Waals surface area contributed by atoms with Crippen molar-refractivity contribution in [2.24, 2.45) is 0 Å². The van der Waals surface area contributed by atoms with Crippen LogP contribution >= 0.6 is 11.3 Å². The Balaban J connectivity index is 1.48. The van der Waals surface area contributed by atoms with Crippen LogP contribution in [0.5, 0.6) is 0 Å². The lowest BCUT2D eigenvalue weighted by Gasteiger charge is -2.19. The van der Waals surface area contributed by atoms with Gasteiger partial charge in [-0.2, -0.15) is 0 Å². The summed E-state index contributed by atoms with van der Waals surface area (Å²) in [6.45, 7) is 6.58. The summed E-state index contributed by atoms with van der Waals surface area (Å²) in [6.07, 6.45) is 0.0597. The van der Waals surface area contributed by atoms with E-state index in [4.69, 9.17) is 0 Å². The van der Waals surface area contributed by atoms with E-state index in [0.29, 0.717) is 6.54 Å². The molecule has 0 aliphatic rings. The number of carbonyl (C=O) groups excluding carboxylic acids is 1. The molecule has 2 N–H and O–H groups in total. The maximum Gasteiger partial charge on any atom is 0.240 e. The number of nitrogens with zero attached hydrogens (tertiary/aromatic N) is 1. The van der Waals surface area contributed by atoms with E-state index < -0.39 is 10.0 Å². The molecule has 2 aromatic carbocycles. The lowest BCUT2D eigenvalue weighted by Crippen LogP contribution is -2.30. The van der Waals surface area contributed by atoms with Crippen LogP contribution in [0, 0.1) is 0 Å². The number of hydrogen-bond acceptors (Lipinski definition) is 5. The average molecular weight is 432 g/mol. The van der Waals surface area contributed by atoms with Gasteiger partial charge >= 0.3 is 0 Å². The number of fused-ring (bicyclic) bond motifs is 1. The Hall–Kier alpha value is -2.29. The predicted molar refractivity (Wildman–Crippen MR) is 116 cm³/mol. The van der Waals surface area contributed by atoms with Crippen molar-refractivity contribution in [3.05, 3.63) is 59.1 Å². The van der Waals surface area contributed by atoms with Crippen molar-refractivity contribution in [3.63, 3.8) is 0 Å². The lowest BCUT2D eigenvalue weighted by molar-refractivity contribution is -0.121. The molecular formula is C21H25N3O3S2. The molecule has 0 radical (unpaired) electrons. The molecule has 0 fully saturated rings. The van der Waals surface area contributed by atoms with E-state index in [9.17, 15) is 13.2 Å². The summed E-state index contributed by atoms with van der Waals surface area (Å²) in [6, 6.07) is 14.6.